The standard InChI is InChI=1S/C15H11ClN2O3S/c16-12-2-1-3-14(8-12)22(19,20)18-13-6-4-11(5-7-13)15-9-17-10-21-15/h1-10,18H. The highest BCUT2D eigenvalue weighted by Crippen LogP contribution is 2.23. The molecule has 1 N–H and O–H groups in total. The molecule has 0 fully saturated rings. The van der Waals surface area contributed by atoms with Crippen molar-refractivity contribution in [1.29, 1.82) is 0 Å². The van der Waals surface area contributed by atoms with Gasteiger partial charge in [-0.2, -0.15) is 0 Å². The van der Waals surface area contributed by atoms with Crippen molar-refractivity contribution in [3.63, 3.8) is 0 Å². The van der Waals surface area contributed by atoms with Gasteiger partial charge in [0.25, 0.3) is 10.0 Å². The third kappa shape index (κ3) is 3.13. The summed E-state index contributed by atoms with van der Waals surface area (Å²) in [5, 5.41) is 0.364. The molecular formula is C15H11ClN2O3S. The molecule has 5 nitrogen and oxygen atoms in total. The smallest absolute Gasteiger partial charge is 0.261 e. The summed E-state index contributed by atoms with van der Waals surface area (Å²) in [6.07, 6.45) is 2.93. The molecule has 0 aliphatic carbocycles. The third-order valence-corrected chi connectivity index (χ3v) is 4.57. The van der Waals surface area contributed by atoms with E-state index in [2.05, 4.69) is 9.71 Å². The summed E-state index contributed by atoms with van der Waals surface area (Å²) in [4.78, 5) is 3.95. The number of benzene rings is 2. The maximum absolute atomic E-state index is 12.3. The van der Waals surface area contributed by atoms with Crippen LogP contribution in [0.5, 0.6) is 0 Å². The highest BCUT2D eigenvalue weighted by Gasteiger charge is 2.14. The number of oxazole rings is 1. The van der Waals surface area contributed by atoms with Crippen LogP contribution in [0.1, 0.15) is 0 Å². The Morgan fingerprint density at radius 3 is 2.50 bits per heavy atom. The number of aromatic nitrogens is 1. The Labute approximate surface area is 132 Å². The Hall–Kier alpha value is -2.31. The number of anilines is 1. The molecule has 0 saturated heterocycles. The van der Waals surface area contributed by atoms with Crippen LogP contribution in [-0.4, -0.2) is 13.4 Å². The highest BCUT2D eigenvalue weighted by atomic mass is 35.5. The van der Waals surface area contributed by atoms with Crippen molar-refractivity contribution in [1.82, 2.24) is 4.98 Å². The average Bonchev–Trinajstić information content (AvgIpc) is 3.02. The van der Waals surface area contributed by atoms with Crippen molar-refractivity contribution in [2.75, 3.05) is 4.72 Å². The van der Waals surface area contributed by atoms with Crippen molar-refractivity contribution in [3.05, 3.63) is 66.1 Å². The van der Waals surface area contributed by atoms with Gasteiger partial charge in [0.15, 0.2) is 12.2 Å². The van der Waals surface area contributed by atoms with E-state index in [0.29, 0.717) is 16.5 Å². The first kappa shape index (κ1) is 14.6. The molecule has 0 amide bonds. The minimum absolute atomic E-state index is 0.110. The van der Waals surface area contributed by atoms with Gasteiger partial charge in [-0.1, -0.05) is 17.7 Å². The van der Waals surface area contributed by atoms with Crippen molar-refractivity contribution in [2.24, 2.45) is 0 Å². The topological polar surface area (TPSA) is 72.2 Å². The Bertz CT molecular complexity index is 875. The molecule has 0 atom stereocenters. The van der Waals surface area contributed by atoms with Gasteiger partial charge < -0.3 is 4.42 Å². The molecule has 0 spiro atoms. The molecule has 2 aromatic carbocycles. The van der Waals surface area contributed by atoms with Crippen LogP contribution in [-0.2, 0) is 10.0 Å². The molecular weight excluding hydrogens is 324 g/mol. The lowest BCUT2D eigenvalue weighted by atomic mass is 10.2. The molecule has 0 saturated carbocycles. The summed E-state index contributed by atoms with van der Waals surface area (Å²) in [6.45, 7) is 0. The molecule has 7 heteroatoms. The Balaban J connectivity index is 1.84. The zero-order valence-corrected chi connectivity index (χ0v) is 12.8. The monoisotopic (exact) mass is 334 g/mol. The first-order valence-electron chi connectivity index (χ1n) is 6.32. The van der Waals surface area contributed by atoms with Crippen LogP contribution < -0.4 is 4.72 Å². The van der Waals surface area contributed by atoms with Crippen LogP contribution in [0.25, 0.3) is 11.3 Å². The van der Waals surface area contributed by atoms with E-state index in [0.717, 1.165) is 5.56 Å². The first-order chi connectivity index (χ1) is 10.5. The molecule has 3 rings (SSSR count). The summed E-state index contributed by atoms with van der Waals surface area (Å²) in [5.41, 5.74) is 1.26. The van der Waals surface area contributed by atoms with Gasteiger partial charge in [0.1, 0.15) is 0 Å². The fourth-order valence-electron chi connectivity index (χ4n) is 1.91. The normalized spacial score (nSPS) is 11.3. The maximum Gasteiger partial charge on any atom is 0.261 e. The number of nitrogens with one attached hydrogen (secondary N) is 1. The lowest BCUT2D eigenvalue weighted by Gasteiger charge is -2.08. The predicted octanol–water partition coefficient (Wildman–Crippen LogP) is 3.80. The summed E-state index contributed by atoms with van der Waals surface area (Å²) < 4.78 is 32.2. The van der Waals surface area contributed by atoms with Crippen LogP contribution in [0.3, 0.4) is 0 Å². The predicted molar refractivity (Wildman–Crippen MR) is 84.2 cm³/mol. The van der Waals surface area contributed by atoms with Crippen LogP contribution >= 0.6 is 11.6 Å². The van der Waals surface area contributed by atoms with Gasteiger partial charge in [-0.3, -0.25) is 4.72 Å². The van der Waals surface area contributed by atoms with E-state index in [1.165, 1.54) is 18.5 Å². The van der Waals surface area contributed by atoms with Gasteiger partial charge in [0.2, 0.25) is 0 Å². The number of rotatable bonds is 4. The summed E-state index contributed by atoms with van der Waals surface area (Å²) in [7, 11) is -3.67. The van der Waals surface area contributed by atoms with Crippen LogP contribution in [0.15, 0.2) is 70.4 Å². The summed E-state index contributed by atoms with van der Waals surface area (Å²) in [5.74, 6) is 0.615. The third-order valence-electron chi connectivity index (χ3n) is 2.96. The van der Waals surface area contributed by atoms with Gasteiger partial charge in [-0.05, 0) is 42.5 Å². The van der Waals surface area contributed by atoms with E-state index in [1.54, 1.807) is 42.6 Å². The van der Waals surface area contributed by atoms with E-state index < -0.39 is 10.0 Å². The summed E-state index contributed by atoms with van der Waals surface area (Å²) in [6, 6.07) is 12.9. The van der Waals surface area contributed by atoms with E-state index in [4.69, 9.17) is 16.0 Å². The van der Waals surface area contributed by atoms with Crippen LogP contribution in [0.2, 0.25) is 5.02 Å². The minimum Gasteiger partial charge on any atom is -0.444 e. The molecule has 0 aliphatic heterocycles. The van der Waals surface area contributed by atoms with E-state index in [9.17, 15) is 8.42 Å². The van der Waals surface area contributed by atoms with E-state index >= 15 is 0 Å². The van der Waals surface area contributed by atoms with Crippen LogP contribution in [0.4, 0.5) is 5.69 Å². The van der Waals surface area contributed by atoms with Crippen molar-refractivity contribution >= 4 is 27.3 Å². The maximum atomic E-state index is 12.3. The quantitative estimate of drug-likeness (QED) is 0.787. The zero-order chi connectivity index (χ0) is 15.6. The number of hydrogen-bond donors (Lipinski definition) is 1. The molecule has 22 heavy (non-hydrogen) atoms. The minimum atomic E-state index is -3.67. The van der Waals surface area contributed by atoms with Crippen molar-refractivity contribution < 1.29 is 12.8 Å². The lowest BCUT2D eigenvalue weighted by molar-refractivity contribution is 0.572. The Kier molecular flexibility index (Phi) is 3.87. The van der Waals surface area contributed by atoms with Crippen molar-refractivity contribution in [3.8, 4) is 11.3 Å². The molecule has 1 aromatic heterocycles. The number of hydrogen-bond acceptors (Lipinski definition) is 4. The fraction of sp³-hybridized carbons (Fsp3) is 0. The van der Waals surface area contributed by atoms with Gasteiger partial charge in [0, 0.05) is 16.3 Å². The fourth-order valence-corrected chi connectivity index (χ4v) is 3.27. The van der Waals surface area contributed by atoms with Gasteiger partial charge >= 0.3 is 0 Å². The molecule has 0 aliphatic rings. The van der Waals surface area contributed by atoms with Crippen LogP contribution in [0, 0.1) is 0 Å². The second kappa shape index (κ2) is 5.82. The number of nitrogens with zero attached hydrogens (tertiary/aromatic N) is 1. The Morgan fingerprint density at radius 2 is 1.86 bits per heavy atom. The second-order valence-electron chi connectivity index (χ2n) is 4.51. The number of halogens is 1. The molecule has 1 heterocycles. The Morgan fingerprint density at radius 1 is 1.09 bits per heavy atom. The SMILES string of the molecule is O=S(=O)(Nc1ccc(-c2cnco2)cc1)c1cccc(Cl)c1. The van der Waals surface area contributed by atoms with Crippen molar-refractivity contribution in [2.45, 2.75) is 4.90 Å². The zero-order valence-electron chi connectivity index (χ0n) is 11.2. The lowest BCUT2D eigenvalue weighted by Crippen LogP contribution is -2.12. The van der Waals surface area contributed by atoms with E-state index in [-0.39, 0.29) is 4.90 Å². The molecule has 3 aromatic rings. The second-order valence-corrected chi connectivity index (χ2v) is 6.62. The average molecular weight is 335 g/mol. The highest BCUT2D eigenvalue weighted by molar-refractivity contribution is 7.92. The number of sulfonamides is 1. The van der Waals surface area contributed by atoms with E-state index in [1.807, 2.05) is 0 Å². The molecule has 112 valence electrons. The first-order valence-corrected chi connectivity index (χ1v) is 8.18. The van der Waals surface area contributed by atoms with Gasteiger partial charge in [-0.15, -0.1) is 0 Å². The molecule has 0 unspecified atom stereocenters. The molecule has 0 bridgehead atoms. The molecule has 0 radical (unpaired) electrons. The largest absolute Gasteiger partial charge is 0.444 e. The van der Waals surface area contributed by atoms with Gasteiger partial charge in [0.05, 0.1) is 11.1 Å². The summed E-state index contributed by atoms with van der Waals surface area (Å²) >= 11 is 5.82. The van der Waals surface area contributed by atoms with Gasteiger partial charge in [-0.25, -0.2) is 13.4 Å².